The van der Waals surface area contributed by atoms with E-state index < -0.39 is 32.5 Å². The van der Waals surface area contributed by atoms with Gasteiger partial charge in [0.15, 0.2) is 17.8 Å². The Bertz CT molecular complexity index is 1350. The Balaban J connectivity index is 0.000000293. The summed E-state index contributed by atoms with van der Waals surface area (Å²) in [6, 6.07) is 8.25. The highest BCUT2D eigenvalue weighted by Gasteiger charge is 2.14. The summed E-state index contributed by atoms with van der Waals surface area (Å²) in [7, 11) is -2.35. The number of aliphatic hydroxyl groups excluding tert-OH is 1. The first-order valence-electron chi connectivity index (χ1n) is 11.6. The van der Waals surface area contributed by atoms with Crippen LogP contribution in [0.4, 0.5) is 0 Å². The predicted molar refractivity (Wildman–Crippen MR) is 140 cm³/mol. The SMILES string of the molecule is Cc1ccc(S(=O)(=O)O)cc1.O=c1cc(CO)occ1O.O=c1cc(COC2CCCCO2)occ1O.[2H]P. The molecule has 0 bridgehead atoms. The van der Waals surface area contributed by atoms with E-state index in [1.165, 1.54) is 18.2 Å². The van der Waals surface area contributed by atoms with Gasteiger partial charge in [-0.2, -0.15) is 18.3 Å². The van der Waals surface area contributed by atoms with Gasteiger partial charge in [0.1, 0.15) is 37.3 Å². The van der Waals surface area contributed by atoms with E-state index >= 15 is 0 Å². The first-order valence-corrected chi connectivity index (χ1v) is 12.4. The van der Waals surface area contributed by atoms with Crippen molar-refractivity contribution in [2.24, 2.45) is 0 Å². The molecule has 0 amide bonds. The van der Waals surface area contributed by atoms with Crippen LogP contribution in [0.2, 0.25) is 0 Å². The zero-order chi connectivity index (χ0) is 29.4. The maximum atomic E-state index is 11.1. The summed E-state index contributed by atoms with van der Waals surface area (Å²) >= 11 is 0. The van der Waals surface area contributed by atoms with Gasteiger partial charge in [-0.1, -0.05) is 17.7 Å². The van der Waals surface area contributed by atoms with Crippen LogP contribution in [0.15, 0.2) is 72.2 Å². The molecule has 1 saturated heterocycles. The third kappa shape index (κ3) is 11.5. The first-order chi connectivity index (χ1) is 18.5. The molecule has 3 heterocycles. The lowest BCUT2D eigenvalue weighted by atomic mass is 10.2. The fraction of sp³-hybridized carbons (Fsp3) is 0.333. The van der Waals surface area contributed by atoms with Crippen LogP contribution in [0.5, 0.6) is 11.5 Å². The van der Waals surface area contributed by atoms with Gasteiger partial charge in [0, 0.05) is 18.7 Å². The molecule has 12 nitrogen and oxygen atoms in total. The quantitative estimate of drug-likeness (QED) is 0.257. The number of aryl methyl sites for hydroxylation is 1. The lowest BCUT2D eigenvalue weighted by molar-refractivity contribution is -0.171. The summed E-state index contributed by atoms with van der Waals surface area (Å²) < 4.78 is 55.6. The van der Waals surface area contributed by atoms with Gasteiger partial charge in [-0.05, 0) is 38.3 Å². The molecule has 4 rings (SSSR count). The minimum Gasteiger partial charge on any atom is -0.502 e. The van der Waals surface area contributed by atoms with Crippen molar-refractivity contribution in [3.05, 3.63) is 86.5 Å². The number of aliphatic hydroxyl groups is 1. The Hall–Kier alpha value is -3.06. The Morgan fingerprint density at radius 1 is 1.00 bits per heavy atom. The van der Waals surface area contributed by atoms with Crippen molar-refractivity contribution in [1.82, 2.24) is 0 Å². The minimum atomic E-state index is -4.02. The number of rotatable bonds is 5. The third-order valence-electron chi connectivity index (χ3n) is 4.76. The van der Waals surface area contributed by atoms with E-state index in [0.29, 0.717) is 12.4 Å². The van der Waals surface area contributed by atoms with Crippen molar-refractivity contribution in [3.63, 3.8) is 0 Å². The summed E-state index contributed by atoms with van der Waals surface area (Å²) in [5.41, 5.74) is -0.0536. The van der Waals surface area contributed by atoms with Crippen molar-refractivity contribution in [1.29, 1.82) is 1.28 Å². The second-order valence-corrected chi connectivity index (χ2v) is 9.17. The molecule has 1 aliphatic rings. The van der Waals surface area contributed by atoms with Crippen LogP contribution in [0.25, 0.3) is 0 Å². The van der Waals surface area contributed by atoms with E-state index in [2.05, 4.69) is 4.42 Å². The first kappa shape index (κ1) is 31.2. The van der Waals surface area contributed by atoms with Gasteiger partial charge in [-0.15, -0.1) is 0 Å². The molecule has 0 aliphatic carbocycles. The average Bonchev–Trinajstić information content (AvgIpc) is 2.93. The Morgan fingerprint density at radius 3 is 2.03 bits per heavy atom. The molecule has 0 radical (unpaired) electrons. The van der Waals surface area contributed by atoms with Crippen LogP contribution in [0.1, 0.15) is 36.3 Å². The van der Waals surface area contributed by atoms with Gasteiger partial charge < -0.3 is 33.6 Å². The fourth-order valence-electron chi connectivity index (χ4n) is 2.77. The van der Waals surface area contributed by atoms with Crippen molar-refractivity contribution in [3.8, 4) is 11.5 Å². The molecular formula is C24H31O12PS. The number of aromatic hydroxyl groups is 2. The monoisotopic (exact) mass is 575 g/mol. The predicted octanol–water partition coefficient (Wildman–Crippen LogP) is 2.53. The van der Waals surface area contributed by atoms with Crippen LogP contribution in [-0.4, -0.2) is 42.5 Å². The summed E-state index contributed by atoms with van der Waals surface area (Å²) in [6.45, 7) is 2.40. The molecule has 2 aromatic heterocycles. The van der Waals surface area contributed by atoms with E-state index in [1.807, 2.05) is 6.92 Å². The topological polar surface area (TPSA) is 194 Å². The highest BCUT2D eigenvalue weighted by molar-refractivity contribution is 7.85. The molecule has 38 heavy (non-hydrogen) atoms. The van der Waals surface area contributed by atoms with Crippen LogP contribution < -0.4 is 10.9 Å². The Morgan fingerprint density at radius 2 is 1.55 bits per heavy atom. The molecule has 2 atom stereocenters. The lowest BCUT2D eigenvalue weighted by Crippen LogP contribution is -2.22. The van der Waals surface area contributed by atoms with Crippen molar-refractivity contribution >= 4 is 20.0 Å². The molecule has 1 aromatic carbocycles. The normalized spacial score (nSPS) is 14.8. The fourth-order valence-corrected chi connectivity index (χ4v) is 3.25. The molecule has 1 aliphatic heterocycles. The van der Waals surface area contributed by atoms with Crippen LogP contribution in [0.3, 0.4) is 0 Å². The number of hydrogen-bond acceptors (Lipinski definition) is 11. The van der Waals surface area contributed by atoms with E-state index in [9.17, 15) is 18.0 Å². The molecule has 14 heteroatoms. The second kappa shape index (κ2) is 16.0. The zero-order valence-corrected chi connectivity index (χ0v) is 22.5. The minimum absolute atomic E-state index is 0.0666. The van der Waals surface area contributed by atoms with Crippen LogP contribution >= 0.6 is 9.84 Å². The molecule has 3 aromatic rings. The maximum absolute atomic E-state index is 11.1. The van der Waals surface area contributed by atoms with Crippen molar-refractivity contribution < 1.29 is 46.6 Å². The van der Waals surface area contributed by atoms with Crippen LogP contribution in [-0.2, 0) is 32.8 Å². The zero-order valence-electron chi connectivity index (χ0n) is 21.5. The van der Waals surface area contributed by atoms with Gasteiger partial charge in [-0.3, -0.25) is 14.1 Å². The van der Waals surface area contributed by atoms with E-state index in [1.54, 1.807) is 22.0 Å². The lowest BCUT2D eigenvalue weighted by Gasteiger charge is -2.22. The van der Waals surface area contributed by atoms with Gasteiger partial charge in [0.2, 0.25) is 10.9 Å². The summed E-state index contributed by atoms with van der Waals surface area (Å²) in [6.07, 6.45) is 4.71. The van der Waals surface area contributed by atoms with Crippen molar-refractivity contribution in [2.75, 3.05) is 6.61 Å². The highest BCUT2D eigenvalue weighted by Crippen LogP contribution is 2.15. The number of benzene rings is 1. The van der Waals surface area contributed by atoms with Gasteiger partial charge in [-0.25, -0.2) is 0 Å². The Labute approximate surface area is 223 Å². The summed E-state index contributed by atoms with van der Waals surface area (Å²) in [5.74, 6) is -0.311. The smallest absolute Gasteiger partial charge is 0.294 e. The van der Waals surface area contributed by atoms with Gasteiger partial charge in [0.25, 0.3) is 10.1 Å². The summed E-state index contributed by atoms with van der Waals surface area (Å²) in [5, 5.41) is 26.1. The van der Waals surface area contributed by atoms with E-state index in [4.69, 9.17) is 35.0 Å². The van der Waals surface area contributed by atoms with E-state index in [-0.39, 0.29) is 30.2 Å². The van der Waals surface area contributed by atoms with Gasteiger partial charge >= 0.3 is 0 Å². The van der Waals surface area contributed by atoms with Crippen LogP contribution in [0, 0.1) is 6.92 Å². The number of ether oxygens (including phenoxy) is 2. The molecule has 1 fully saturated rings. The molecule has 0 saturated carbocycles. The molecule has 4 N–H and O–H groups in total. The highest BCUT2D eigenvalue weighted by atomic mass is 32.2. The Kier molecular flexibility index (Phi) is 13.1. The largest absolute Gasteiger partial charge is 0.502 e. The molecule has 0 spiro atoms. The average molecular weight is 576 g/mol. The standard InChI is InChI=1S/C11H14O5.C7H8O3S.C6H6O4.H3P/c12-9-5-8(15-7-10(9)13)6-16-11-3-1-2-4-14-11;1-6-2-4-7(5-3-6)11(8,9)10;7-2-4-1-5(8)6(9)3-10-4;/h5,7,11,13H,1-4,6H2;2-5H,1H3,(H,8,9,10);1,3,7,9H,2H2;1H3/i;;;1D. The molecule has 210 valence electrons. The maximum Gasteiger partial charge on any atom is 0.294 e. The third-order valence-corrected chi connectivity index (χ3v) is 5.62. The van der Waals surface area contributed by atoms with E-state index in [0.717, 1.165) is 43.4 Å². The van der Waals surface area contributed by atoms with Crippen molar-refractivity contribution in [2.45, 2.75) is 50.6 Å². The summed E-state index contributed by atoms with van der Waals surface area (Å²) in [4.78, 5) is 21.6. The van der Waals surface area contributed by atoms with Gasteiger partial charge in [0.05, 0.1) is 6.17 Å². The number of hydrogen-bond donors (Lipinski definition) is 4. The molecule has 2 unspecified atom stereocenters. The second-order valence-electron chi connectivity index (χ2n) is 7.75. The molecular weight excluding hydrogens is 543 g/mol.